The Kier molecular flexibility index (Phi) is 5.28. The second-order valence-electron chi connectivity index (χ2n) is 7.25. The normalized spacial score (nSPS) is 11.0. The molecule has 6 rings (SSSR count). The monoisotopic (exact) mass is 512 g/mol. The lowest BCUT2D eigenvalue weighted by Gasteiger charge is -2.05. The Morgan fingerprint density at radius 3 is 1.03 bits per heavy atom. The van der Waals surface area contributed by atoms with Crippen molar-refractivity contribution in [3.63, 3.8) is 0 Å². The van der Waals surface area contributed by atoms with Gasteiger partial charge in [-0.3, -0.25) is 0 Å². The van der Waals surface area contributed by atoms with Gasteiger partial charge in [0, 0.05) is 8.95 Å². The van der Waals surface area contributed by atoms with Crippen LogP contribution in [0.4, 0.5) is 0 Å². The topological polar surface area (TPSA) is 0 Å². The summed E-state index contributed by atoms with van der Waals surface area (Å²) in [6, 6.07) is 38.2. The fourth-order valence-electron chi connectivity index (χ4n) is 4.02. The number of rotatable bonds is 0. The zero-order valence-corrected chi connectivity index (χ0v) is 19.3. The maximum absolute atomic E-state index is 3.62. The van der Waals surface area contributed by atoms with E-state index >= 15 is 0 Å². The molecular formula is C28H18Br2. The maximum atomic E-state index is 3.62. The molecule has 0 aliphatic heterocycles. The molecule has 6 aromatic carbocycles. The van der Waals surface area contributed by atoms with Crippen LogP contribution in [0, 0.1) is 0 Å². The van der Waals surface area contributed by atoms with Crippen molar-refractivity contribution in [1.82, 2.24) is 0 Å². The third-order valence-corrected chi connectivity index (χ3v) is 6.75. The predicted molar refractivity (Wildman–Crippen MR) is 138 cm³/mol. The Morgan fingerprint density at radius 1 is 0.333 bits per heavy atom. The van der Waals surface area contributed by atoms with Crippen LogP contribution < -0.4 is 0 Å². The summed E-state index contributed by atoms with van der Waals surface area (Å²) in [5.74, 6) is 0. The molecule has 144 valence electrons. The van der Waals surface area contributed by atoms with Crippen molar-refractivity contribution in [3.8, 4) is 0 Å². The lowest BCUT2D eigenvalue weighted by atomic mass is 10.0. The number of hydrogen-bond donors (Lipinski definition) is 0. The Bertz CT molecular complexity index is 1400. The third-order valence-electron chi connectivity index (χ3n) is 5.44. The van der Waals surface area contributed by atoms with Gasteiger partial charge in [0.15, 0.2) is 0 Å². The Labute approximate surface area is 192 Å². The number of hydrogen-bond acceptors (Lipinski definition) is 0. The van der Waals surface area contributed by atoms with E-state index in [1.807, 2.05) is 0 Å². The fraction of sp³-hybridized carbons (Fsp3) is 0. The van der Waals surface area contributed by atoms with Gasteiger partial charge in [-0.1, -0.05) is 129 Å². The fourth-order valence-corrected chi connectivity index (χ4v) is 5.20. The molecule has 2 heteroatoms. The molecule has 0 amide bonds. The first-order chi connectivity index (χ1) is 14.7. The molecule has 0 saturated carbocycles. The SMILES string of the molecule is Brc1cc2ccccc2c2ccccc12.Brc1cc2ccccc2c2ccccc12. The van der Waals surface area contributed by atoms with Gasteiger partial charge in [-0.05, 0) is 55.2 Å². The Hall–Kier alpha value is -2.68. The number of benzene rings is 6. The molecule has 6 aromatic rings. The van der Waals surface area contributed by atoms with E-state index in [1.165, 1.54) is 43.1 Å². The van der Waals surface area contributed by atoms with E-state index < -0.39 is 0 Å². The highest BCUT2D eigenvalue weighted by atomic mass is 79.9. The van der Waals surface area contributed by atoms with Crippen molar-refractivity contribution in [3.05, 3.63) is 118 Å². The van der Waals surface area contributed by atoms with Crippen molar-refractivity contribution in [2.45, 2.75) is 0 Å². The predicted octanol–water partition coefficient (Wildman–Crippen LogP) is 9.51. The van der Waals surface area contributed by atoms with Crippen molar-refractivity contribution in [1.29, 1.82) is 0 Å². The van der Waals surface area contributed by atoms with Gasteiger partial charge in [-0.15, -0.1) is 0 Å². The Balaban J connectivity index is 0.000000128. The molecule has 0 saturated heterocycles. The van der Waals surface area contributed by atoms with Crippen LogP contribution >= 0.6 is 31.9 Å². The maximum Gasteiger partial charge on any atom is 0.0260 e. The first-order valence-electron chi connectivity index (χ1n) is 9.84. The van der Waals surface area contributed by atoms with Crippen LogP contribution in [0.15, 0.2) is 118 Å². The molecule has 0 aliphatic rings. The van der Waals surface area contributed by atoms with Crippen LogP contribution in [0.5, 0.6) is 0 Å². The molecule has 0 spiro atoms. The molecule has 0 fully saturated rings. The van der Waals surface area contributed by atoms with Gasteiger partial charge >= 0.3 is 0 Å². The van der Waals surface area contributed by atoms with Crippen LogP contribution in [-0.4, -0.2) is 0 Å². The quantitative estimate of drug-likeness (QED) is 0.177. The van der Waals surface area contributed by atoms with Crippen LogP contribution in [0.3, 0.4) is 0 Å². The molecule has 30 heavy (non-hydrogen) atoms. The highest BCUT2D eigenvalue weighted by Gasteiger charge is 2.03. The van der Waals surface area contributed by atoms with Crippen molar-refractivity contribution >= 4 is 74.9 Å². The minimum atomic E-state index is 1.16. The summed E-state index contributed by atoms with van der Waals surface area (Å²) in [4.78, 5) is 0. The van der Waals surface area contributed by atoms with Crippen molar-refractivity contribution < 1.29 is 0 Å². The molecule has 0 aliphatic carbocycles. The zero-order chi connectivity index (χ0) is 20.5. The van der Waals surface area contributed by atoms with Gasteiger partial charge in [0.1, 0.15) is 0 Å². The lowest BCUT2D eigenvalue weighted by molar-refractivity contribution is 1.74. The highest BCUT2D eigenvalue weighted by molar-refractivity contribution is 9.11. The summed E-state index contributed by atoms with van der Waals surface area (Å²) < 4.78 is 2.33. The molecule has 0 unspecified atom stereocenters. The molecule has 0 nitrogen and oxygen atoms in total. The number of fused-ring (bicyclic) bond motifs is 6. The van der Waals surface area contributed by atoms with E-state index in [2.05, 4.69) is 141 Å². The van der Waals surface area contributed by atoms with E-state index in [4.69, 9.17) is 0 Å². The van der Waals surface area contributed by atoms with E-state index in [-0.39, 0.29) is 0 Å². The van der Waals surface area contributed by atoms with Crippen LogP contribution in [-0.2, 0) is 0 Å². The van der Waals surface area contributed by atoms with E-state index in [0.717, 1.165) is 8.95 Å². The standard InChI is InChI=1S/2C14H9Br/c2*15-14-9-10-5-1-2-6-11(10)12-7-3-4-8-13(12)14/h2*1-9H. The molecule has 0 N–H and O–H groups in total. The van der Waals surface area contributed by atoms with Crippen molar-refractivity contribution in [2.24, 2.45) is 0 Å². The minimum Gasteiger partial charge on any atom is -0.0616 e. The summed E-state index contributed by atoms with van der Waals surface area (Å²) in [5, 5.41) is 10.4. The zero-order valence-electron chi connectivity index (χ0n) is 16.1. The first kappa shape index (κ1) is 19.3. The largest absolute Gasteiger partial charge is 0.0616 e. The van der Waals surface area contributed by atoms with Gasteiger partial charge < -0.3 is 0 Å². The summed E-state index contributed by atoms with van der Waals surface area (Å²) in [6.45, 7) is 0. The van der Waals surface area contributed by atoms with Gasteiger partial charge in [0.2, 0.25) is 0 Å². The van der Waals surface area contributed by atoms with Crippen molar-refractivity contribution in [2.75, 3.05) is 0 Å². The molecule has 0 atom stereocenters. The highest BCUT2D eigenvalue weighted by Crippen LogP contribution is 2.32. The van der Waals surface area contributed by atoms with E-state index in [1.54, 1.807) is 0 Å². The van der Waals surface area contributed by atoms with Crippen LogP contribution in [0.2, 0.25) is 0 Å². The summed E-state index contributed by atoms with van der Waals surface area (Å²) >= 11 is 7.24. The van der Waals surface area contributed by atoms with E-state index in [9.17, 15) is 0 Å². The third kappa shape index (κ3) is 3.51. The van der Waals surface area contributed by atoms with Crippen LogP contribution in [0.25, 0.3) is 43.1 Å². The smallest absolute Gasteiger partial charge is 0.0260 e. The molecular weight excluding hydrogens is 496 g/mol. The minimum absolute atomic E-state index is 1.16. The molecule has 0 bridgehead atoms. The molecule has 0 aromatic heterocycles. The van der Waals surface area contributed by atoms with Gasteiger partial charge in [0.25, 0.3) is 0 Å². The van der Waals surface area contributed by atoms with Crippen LogP contribution in [0.1, 0.15) is 0 Å². The van der Waals surface area contributed by atoms with E-state index in [0.29, 0.717) is 0 Å². The molecule has 0 radical (unpaired) electrons. The second kappa shape index (κ2) is 8.22. The summed E-state index contributed by atoms with van der Waals surface area (Å²) in [7, 11) is 0. The van der Waals surface area contributed by atoms with Gasteiger partial charge in [-0.25, -0.2) is 0 Å². The lowest BCUT2D eigenvalue weighted by Crippen LogP contribution is -1.78. The second-order valence-corrected chi connectivity index (χ2v) is 8.96. The molecule has 0 heterocycles. The summed E-state index contributed by atoms with van der Waals surface area (Å²) in [6.07, 6.45) is 0. The first-order valence-corrected chi connectivity index (χ1v) is 11.4. The number of halogens is 2. The summed E-state index contributed by atoms with van der Waals surface area (Å²) in [5.41, 5.74) is 0. The average Bonchev–Trinajstić information content (AvgIpc) is 2.80. The van der Waals surface area contributed by atoms with Gasteiger partial charge in [-0.2, -0.15) is 0 Å². The average molecular weight is 514 g/mol. The Morgan fingerprint density at radius 2 is 0.633 bits per heavy atom. The van der Waals surface area contributed by atoms with Gasteiger partial charge in [0.05, 0.1) is 0 Å².